The van der Waals surface area contributed by atoms with Crippen LogP contribution in [0.2, 0.25) is 0 Å². The molecule has 114 valence electrons. The standard InChI is InChI=1S/C16H29N3O/c1-5-8-17-13-15-7-9-18-16(12-15)19(10-11-20-4)14(3)6-2/h7,9,12,14,17H,5-6,8,10-11,13H2,1-4H3. The fourth-order valence-electron chi connectivity index (χ4n) is 2.11. The number of nitrogens with one attached hydrogen (secondary N) is 1. The summed E-state index contributed by atoms with van der Waals surface area (Å²) in [5.74, 6) is 1.05. The zero-order chi connectivity index (χ0) is 14.8. The Hall–Kier alpha value is -1.13. The number of nitrogens with zero attached hydrogens (tertiary/aromatic N) is 2. The minimum atomic E-state index is 0.469. The molecule has 1 rings (SSSR count). The van der Waals surface area contributed by atoms with Crippen LogP contribution in [-0.4, -0.2) is 37.8 Å². The Labute approximate surface area is 123 Å². The van der Waals surface area contributed by atoms with E-state index in [4.69, 9.17) is 4.74 Å². The number of rotatable bonds is 10. The maximum absolute atomic E-state index is 5.22. The molecule has 1 aromatic heterocycles. The Bertz CT molecular complexity index is 370. The Balaban J connectivity index is 2.76. The van der Waals surface area contributed by atoms with Crippen molar-refractivity contribution in [3.63, 3.8) is 0 Å². The molecule has 0 saturated carbocycles. The first-order chi connectivity index (χ1) is 9.72. The van der Waals surface area contributed by atoms with Crippen molar-refractivity contribution in [2.24, 2.45) is 0 Å². The van der Waals surface area contributed by atoms with E-state index >= 15 is 0 Å². The number of aromatic nitrogens is 1. The van der Waals surface area contributed by atoms with Crippen molar-refractivity contribution in [3.8, 4) is 0 Å². The Kier molecular flexibility index (Phi) is 8.23. The maximum Gasteiger partial charge on any atom is 0.129 e. The van der Waals surface area contributed by atoms with Gasteiger partial charge in [0, 0.05) is 32.4 Å². The average molecular weight is 279 g/mol. The van der Waals surface area contributed by atoms with E-state index in [2.05, 4.69) is 48.1 Å². The molecule has 0 aliphatic carbocycles. The third kappa shape index (κ3) is 5.47. The van der Waals surface area contributed by atoms with Crippen LogP contribution in [0.15, 0.2) is 18.3 Å². The van der Waals surface area contributed by atoms with Crippen molar-refractivity contribution in [1.82, 2.24) is 10.3 Å². The third-order valence-corrected chi connectivity index (χ3v) is 3.52. The molecule has 0 aromatic carbocycles. The summed E-state index contributed by atoms with van der Waals surface area (Å²) in [7, 11) is 1.74. The summed E-state index contributed by atoms with van der Waals surface area (Å²) in [5, 5.41) is 3.43. The maximum atomic E-state index is 5.22. The van der Waals surface area contributed by atoms with Crippen LogP contribution >= 0.6 is 0 Å². The number of methoxy groups -OCH3 is 1. The number of anilines is 1. The third-order valence-electron chi connectivity index (χ3n) is 3.52. The van der Waals surface area contributed by atoms with Crippen LogP contribution in [0.3, 0.4) is 0 Å². The van der Waals surface area contributed by atoms with Gasteiger partial charge in [-0.3, -0.25) is 0 Å². The highest BCUT2D eigenvalue weighted by atomic mass is 16.5. The molecule has 0 spiro atoms. The molecule has 20 heavy (non-hydrogen) atoms. The lowest BCUT2D eigenvalue weighted by atomic mass is 10.2. The topological polar surface area (TPSA) is 37.4 Å². The molecule has 1 atom stereocenters. The van der Waals surface area contributed by atoms with Gasteiger partial charge in [-0.25, -0.2) is 4.98 Å². The summed E-state index contributed by atoms with van der Waals surface area (Å²) in [5.41, 5.74) is 1.29. The van der Waals surface area contributed by atoms with Crippen molar-refractivity contribution < 1.29 is 4.74 Å². The zero-order valence-electron chi connectivity index (χ0n) is 13.4. The largest absolute Gasteiger partial charge is 0.383 e. The van der Waals surface area contributed by atoms with E-state index in [1.807, 2.05) is 6.20 Å². The fraction of sp³-hybridized carbons (Fsp3) is 0.688. The summed E-state index contributed by atoms with van der Waals surface area (Å²) in [6.07, 6.45) is 4.16. The molecule has 0 aliphatic heterocycles. The van der Waals surface area contributed by atoms with Gasteiger partial charge in [0.15, 0.2) is 0 Å². The SMILES string of the molecule is CCCNCc1ccnc(N(CCOC)C(C)CC)c1. The van der Waals surface area contributed by atoms with E-state index in [0.29, 0.717) is 6.04 Å². The summed E-state index contributed by atoms with van der Waals surface area (Å²) >= 11 is 0. The van der Waals surface area contributed by atoms with Gasteiger partial charge in [0.2, 0.25) is 0 Å². The average Bonchev–Trinajstić information content (AvgIpc) is 2.48. The summed E-state index contributed by atoms with van der Waals surface area (Å²) in [6.45, 7) is 10.2. The minimum Gasteiger partial charge on any atom is -0.383 e. The molecule has 4 heteroatoms. The number of hydrogen-bond donors (Lipinski definition) is 1. The zero-order valence-corrected chi connectivity index (χ0v) is 13.4. The van der Waals surface area contributed by atoms with Crippen molar-refractivity contribution >= 4 is 5.82 Å². The molecule has 0 saturated heterocycles. The molecule has 1 heterocycles. The van der Waals surface area contributed by atoms with Crippen LogP contribution in [0, 0.1) is 0 Å². The van der Waals surface area contributed by atoms with Gasteiger partial charge in [-0.05, 0) is 44.0 Å². The van der Waals surface area contributed by atoms with Crippen LogP contribution in [-0.2, 0) is 11.3 Å². The van der Waals surface area contributed by atoms with Gasteiger partial charge in [0.1, 0.15) is 5.82 Å². The van der Waals surface area contributed by atoms with Gasteiger partial charge in [0.05, 0.1) is 6.61 Å². The second kappa shape index (κ2) is 9.72. The summed E-state index contributed by atoms with van der Waals surface area (Å²) in [6, 6.07) is 4.73. The molecule has 0 amide bonds. The highest BCUT2D eigenvalue weighted by Crippen LogP contribution is 2.17. The molecule has 0 bridgehead atoms. The van der Waals surface area contributed by atoms with Crippen molar-refractivity contribution in [1.29, 1.82) is 0 Å². The van der Waals surface area contributed by atoms with Gasteiger partial charge >= 0.3 is 0 Å². The number of ether oxygens (including phenoxy) is 1. The fourth-order valence-corrected chi connectivity index (χ4v) is 2.11. The molecule has 0 fully saturated rings. The summed E-state index contributed by atoms with van der Waals surface area (Å²) in [4.78, 5) is 6.86. The molecule has 1 aromatic rings. The van der Waals surface area contributed by atoms with Gasteiger partial charge in [-0.15, -0.1) is 0 Å². The smallest absolute Gasteiger partial charge is 0.129 e. The highest BCUT2D eigenvalue weighted by molar-refractivity contribution is 5.42. The lowest BCUT2D eigenvalue weighted by Gasteiger charge is -2.29. The minimum absolute atomic E-state index is 0.469. The lowest BCUT2D eigenvalue weighted by molar-refractivity contribution is 0.203. The van der Waals surface area contributed by atoms with Crippen molar-refractivity contribution in [2.45, 2.75) is 46.2 Å². The molecular weight excluding hydrogens is 250 g/mol. The second-order valence-corrected chi connectivity index (χ2v) is 5.14. The number of hydrogen-bond acceptors (Lipinski definition) is 4. The Morgan fingerprint density at radius 3 is 2.85 bits per heavy atom. The molecule has 1 N–H and O–H groups in total. The van der Waals surface area contributed by atoms with E-state index in [1.165, 1.54) is 5.56 Å². The van der Waals surface area contributed by atoms with Crippen molar-refractivity contribution in [3.05, 3.63) is 23.9 Å². The van der Waals surface area contributed by atoms with E-state index < -0.39 is 0 Å². The van der Waals surface area contributed by atoms with E-state index in [-0.39, 0.29) is 0 Å². The predicted molar refractivity (Wildman–Crippen MR) is 85.2 cm³/mol. The molecule has 0 aliphatic rings. The number of pyridine rings is 1. The van der Waals surface area contributed by atoms with Crippen LogP contribution < -0.4 is 10.2 Å². The first-order valence-electron chi connectivity index (χ1n) is 7.64. The second-order valence-electron chi connectivity index (χ2n) is 5.14. The molecule has 1 unspecified atom stereocenters. The molecular formula is C16H29N3O. The highest BCUT2D eigenvalue weighted by Gasteiger charge is 2.14. The molecule has 4 nitrogen and oxygen atoms in total. The first-order valence-corrected chi connectivity index (χ1v) is 7.64. The van der Waals surface area contributed by atoms with Crippen LogP contribution in [0.4, 0.5) is 5.82 Å². The first kappa shape index (κ1) is 16.9. The van der Waals surface area contributed by atoms with Gasteiger partial charge in [-0.1, -0.05) is 13.8 Å². The quantitative estimate of drug-likeness (QED) is 0.668. The van der Waals surface area contributed by atoms with Gasteiger partial charge < -0.3 is 15.0 Å². The lowest BCUT2D eigenvalue weighted by Crippen LogP contribution is -2.36. The van der Waals surface area contributed by atoms with E-state index in [0.717, 1.165) is 44.9 Å². The van der Waals surface area contributed by atoms with Crippen LogP contribution in [0.1, 0.15) is 39.2 Å². The van der Waals surface area contributed by atoms with Crippen molar-refractivity contribution in [2.75, 3.05) is 31.7 Å². The summed E-state index contributed by atoms with van der Waals surface area (Å²) < 4.78 is 5.22. The van der Waals surface area contributed by atoms with Gasteiger partial charge in [-0.2, -0.15) is 0 Å². The predicted octanol–water partition coefficient (Wildman–Crippen LogP) is 2.83. The van der Waals surface area contributed by atoms with Crippen LogP contribution in [0.25, 0.3) is 0 Å². The Morgan fingerprint density at radius 1 is 1.40 bits per heavy atom. The van der Waals surface area contributed by atoms with Crippen LogP contribution in [0.5, 0.6) is 0 Å². The Morgan fingerprint density at radius 2 is 2.20 bits per heavy atom. The van der Waals surface area contributed by atoms with Gasteiger partial charge in [0.25, 0.3) is 0 Å². The van der Waals surface area contributed by atoms with E-state index in [1.54, 1.807) is 7.11 Å². The monoisotopic (exact) mass is 279 g/mol. The molecule has 0 radical (unpaired) electrons. The van der Waals surface area contributed by atoms with E-state index in [9.17, 15) is 0 Å². The normalized spacial score (nSPS) is 12.4.